The lowest BCUT2D eigenvalue weighted by atomic mass is 10.3. The van der Waals surface area contributed by atoms with E-state index in [1.807, 2.05) is 36.4 Å². The summed E-state index contributed by atoms with van der Waals surface area (Å²) in [6.45, 7) is 0.742. The highest BCUT2D eigenvalue weighted by Gasteiger charge is 2.04. The number of fused-ring (bicyclic) bond motifs is 1. The highest BCUT2D eigenvalue weighted by molar-refractivity contribution is 7.18. The second-order valence-electron chi connectivity index (χ2n) is 4.16. The van der Waals surface area contributed by atoms with Crippen LogP contribution < -0.4 is 10.1 Å². The van der Waals surface area contributed by atoms with Crippen molar-refractivity contribution in [1.82, 2.24) is 4.98 Å². The second kappa shape index (κ2) is 5.28. The number of nitrogens with one attached hydrogen (secondary N) is 1. The summed E-state index contributed by atoms with van der Waals surface area (Å²) in [5, 5.41) is 4.44. The van der Waals surface area contributed by atoms with Gasteiger partial charge in [0, 0.05) is 5.69 Å². The van der Waals surface area contributed by atoms with Crippen molar-refractivity contribution < 1.29 is 4.74 Å². The van der Waals surface area contributed by atoms with E-state index in [0.29, 0.717) is 0 Å². The standard InChI is InChI=1S/C15H14N2OS/c1-18-12-7-8-13-14(9-12)19-15(17-13)10-16-11-5-3-2-4-6-11/h2-9,16H,10H2,1H3. The van der Waals surface area contributed by atoms with Crippen molar-refractivity contribution in [1.29, 1.82) is 0 Å². The van der Waals surface area contributed by atoms with E-state index in [-0.39, 0.29) is 0 Å². The Kier molecular flexibility index (Phi) is 3.33. The summed E-state index contributed by atoms with van der Waals surface area (Å²) in [5.41, 5.74) is 2.13. The monoisotopic (exact) mass is 270 g/mol. The maximum Gasteiger partial charge on any atom is 0.120 e. The van der Waals surface area contributed by atoms with Crippen LogP contribution in [0.25, 0.3) is 10.2 Å². The van der Waals surface area contributed by atoms with E-state index in [1.165, 1.54) is 0 Å². The first-order valence-corrected chi connectivity index (χ1v) is 6.89. The van der Waals surface area contributed by atoms with E-state index in [2.05, 4.69) is 22.4 Å². The third-order valence-corrected chi connectivity index (χ3v) is 3.88. The Morgan fingerprint density at radius 1 is 1.16 bits per heavy atom. The van der Waals surface area contributed by atoms with Crippen LogP contribution in [-0.4, -0.2) is 12.1 Å². The largest absolute Gasteiger partial charge is 0.497 e. The minimum Gasteiger partial charge on any atom is -0.497 e. The fourth-order valence-corrected chi connectivity index (χ4v) is 2.82. The predicted molar refractivity (Wildman–Crippen MR) is 79.9 cm³/mol. The minimum atomic E-state index is 0.742. The maximum absolute atomic E-state index is 5.22. The quantitative estimate of drug-likeness (QED) is 0.780. The summed E-state index contributed by atoms with van der Waals surface area (Å²) in [6, 6.07) is 16.1. The van der Waals surface area contributed by atoms with Gasteiger partial charge in [0.25, 0.3) is 0 Å². The first kappa shape index (κ1) is 12.0. The van der Waals surface area contributed by atoms with E-state index < -0.39 is 0 Å². The third-order valence-electron chi connectivity index (χ3n) is 2.86. The van der Waals surface area contributed by atoms with Crippen LogP contribution in [0.15, 0.2) is 48.5 Å². The van der Waals surface area contributed by atoms with Gasteiger partial charge in [0.2, 0.25) is 0 Å². The van der Waals surface area contributed by atoms with Crippen LogP contribution in [0.3, 0.4) is 0 Å². The number of para-hydroxylation sites is 1. The molecule has 4 heteroatoms. The van der Waals surface area contributed by atoms with Crippen LogP contribution in [0.1, 0.15) is 5.01 Å². The van der Waals surface area contributed by atoms with Crippen LogP contribution in [0.4, 0.5) is 5.69 Å². The van der Waals surface area contributed by atoms with Gasteiger partial charge in [0.05, 0.1) is 23.9 Å². The molecule has 1 heterocycles. The number of aromatic nitrogens is 1. The fraction of sp³-hybridized carbons (Fsp3) is 0.133. The molecule has 0 fully saturated rings. The number of rotatable bonds is 4. The molecule has 1 N–H and O–H groups in total. The Hall–Kier alpha value is -2.07. The van der Waals surface area contributed by atoms with Gasteiger partial charge in [-0.1, -0.05) is 18.2 Å². The topological polar surface area (TPSA) is 34.1 Å². The zero-order valence-electron chi connectivity index (χ0n) is 10.6. The number of thiazole rings is 1. The van der Waals surface area contributed by atoms with Gasteiger partial charge in [-0.15, -0.1) is 11.3 Å². The third kappa shape index (κ3) is 2.69. The second-order valence-corrected chi connectivity index (χ2v) is 5.28. The van der Waals surface area contributed by atoms with Gasteiger partial charge in [0.15, 0.2) is 0 Å². The predicted octanol–water partition coefficient (Wildman–Crippen LogP) is 3.92. The van der Waals surface area contributed by atoms with Gasteiger partial charge in [-0.2, -0.15) is 0 Å². The van der Waals surface area contributed by atoms with Crippen molar-refractivity contribution in [2.45, 2.75) is 6.54 Å². The number of hydrogen-bond donors (Lipinski definition) is 1. The molecule has 0 aliphatic heterocycles. The zero-order chi connectivity index (χ0) is 13.1. The van der Waals surface area contributed by atoms with Crippen molar-refractivity contribution in [3.63, 3.8) is 0 Å². The van der Waals surface area contributed by atoms with Gasteiger partial charge >= 0.3 is 0 Å². The molecule has 0 radical (unpaired) electrons. The van der Waals surface area contributed by atoms with Gasteiger partial charge in [-0.05, 0) is 30.3 Å². The van der Waals surface area contributed by atoms with Crippen molar-refractivity contribution in [3.05, 3.63) is 53.5 Å². The Labute approximate surface area is 115 Å². The van der Waals surface area contributed by atoms with Gasteiger partial charge in [0.1, 0.15) is 10.8 Å². The zero-order valence-corrected chi connectivity index (χ0v) is 11.4. The fourth-order valence-electron chi connectivity index (χ4n) is 1.89. The van der Waals surface area contributed by atoms with Crippen LogP contribution >= 0.6 is 11.3 Å². The molecule has 19 heavy (non-hydrogen) atoms. The molecule has 0 atom stereocenters. The molecule has 1 aromatic heterocycles. The molecule has 0 aliphatic carbocycles. The van der Waals surface area contributed by atoms with Crippen molar-refractivity contribution in [2.24, 2.45) is 0 Å². The summed E-state index contributed by atoms with van der Waals surface area (Å²) < 4.78 is 6.38. The van der Waals surface area contributed by atoms with Crippen molar-refractivity contribution in [2.75, 3.05) is 12.4 Å². The molecule has 3 nitrogen and oxygen atoms in total. The van der Waals surface area contributed by atoms with Gasteiger partial charge in [-0.3, -0.25) is 0 Å². The van der Waals surface area contributed by atoms with Crippen LogP contribution in [0, 0.1) is 0 Å². The summed E-state index contributed by atoms with van der Waals surface area (Å²) in [4.78, 5) is 4.60. The lowest BCUT2D eigenvalue weighted by Gasteiger charge is -2.02. The number of ether oxygens (including phenoxy) is 1. The number of hydrogen-bond acceptors (Lipinski definition) is 4. The molecule has 0 saturated carbocycles. The van der Waals surface area contributed by atoms with Gasteiger partial charge in [-0.25, -0.2) is 4.98 Å². The highest BCUT2D eigenvalue weighted by Crippen LogP contribution is 2.26. The molecule has 0 bridgehead atoms. The van der Waals surface area contributed by atoms with E-state index in [4.69, 9.17) is 4.74 Å². The van der Waals surface area contributed by atoms with Crippen molar-refractivity contribution >= 4 is 27.2 Å². The van der Waals surface area contributed by atoms with Crippen LogP contribution in [-0.2, 0) is 6.54 Å². The number of nitrogens with zero attached hydrogens (tertiary/aromatic N) is 1. The molecular weight excluding hydrogens is 256 g/mol. The molecule has 3 aromatic rings. The molecule has 0 amide bonds. The summed E-state index contributed by atoms with van der Waals surface area (Å²) in [5.74, 6) is 0.874. The first-order valence-electron chi connectivity index (χ1n) is 6.07. The van der Waals surface area contributed by atoms with Crippen molar-refractivity contribution in [3.8, 4) is 5.75 Å². The number of methoxy groups -OCH3 is 1. The molecule has 2 aromatic carbocycles. The summed E-state index contributed by atoms with van der Waals surface area (Å²) >= 11 is 1.69. The molecular formula is C15H14N2OS. The Balaban J connectivity index is 1.78. The first-order chi connectivity index (χ1) is 9.35. The van der Waals surface area contributed by atoms with E-state index in [1.54, 1.807) is 18.4 Å². The highest BCUT2D eigenvalue weighted by atomic mass is 32.1. The molecule has 0 aliphatic rings. The average Bonchev–Trinajstić information content (AvgIpc) is 2.88. The minimum absolute atomic E-state index is 0.742. The van der Waals surface area contributed by atoms with E-state index in [9.17, 15) is 0 Å². The smallest absolute Gasteiger partial charge is 0.120 e. The maximum atomic E-state index is 5.22. The average molecular weight is 270 g/mol. The summed E-state index contributed by atoms with van der Waals surface area (Å²) in [6.07, 6.45) is 0. The molecule has 0 saturated heterocycles. The van der Waals surface area contributed by atoms with Gasteiger partial charge < -0.3 is 10.1 Å². The lowest BCUT2D eigenvalue weighted by Crippen LogP contribution is -1.97. The summed E-state index contributed by atoms with van der Waals surface area (Å²) in [7, 11) is 1.68. The Morgan fingerprint density at radius 2 is 2.00 bits per heavy atom. The molecule has 0 spiro atoms. The normalized spacial score (nSPS) is 10.6. The number of benzene rings is 2. The molecule has 96 valence electrons. The molecule has 3 rings (SSSR count). The van der Waals surface area contributed by atoms with E-state index in [0.717, 1.165) is 33.2 Å². The SMILES string of the molecule is COc1ccc2nc(CNc3ccccc3)sc2c1. The van der Waals surface area contributed by atoms with Crippen LogP contribution in [0.2, 0.25) is 0 Å². The molecule has 0 unspecified atom stereocenters. The Bertz CT molecular complexity index is 679. The Morgan fingerprint density at radius 3 is 2.79 bits per heavy atom. The number of anilines is 1. The van der Waals surface area contributed by atoms with Crippen LogP contribution in [0.5, 0.6) is 5.75 Å². The lowest BCUT2D eigenvalue weighted by molar-refractivity contribution is 0.415. The van der Waals surface area contributed by atoms with E-state index >= 15 is 0 Å².